The number of carbonyl (C=O) groups excluding carboxylic acids is 2. The summed E-state index contributed by atoms with van der Waals surface area (Å²) >= 11 is 1.31. The van der Waals surface area contributed by atoms with Crippen LogP contribution in [0.2, 0.25) is 0 Å². The molecular weight excluding hydrogens is 300 g/mol. The number of amides is 2. The fourth-order valence-corrected chi connectivity index (χ4v) is 2.56. The largest absolute Gasteiger partial charge is 0.493 e. The molecular formula is C16H18N2O3S. The van der Waals surface area contributed by atoms with Gasteiger partial charge in [-0.25, -0.2) is 0 Å². The Bertz CT molecular complexity index is 633. The van der Waals surface area contributed by atoms with Gasteiger partial charge in [-0.05, 0) is 48.6 Å². The van der Waals surface area contributed by atoms with Crippen molar-refractivity contribution in [2.45, 2.75) is 20.3 Å². The van der Waals surface area contributed by atoms with Crippen LogP contribution in [0, 0.1) is 13.8 Å². The lowest BCUT2D eigenvalue weighted by atomic mass is 10.1. The van der Waals surface area contributed by atoms with E-state index >= 15 is 0 Å². The highest BCUT2D eigenvalue weighted by Gasteiger charge is 2.08. The monoisotopic (exact) mass is 318 g/mol. The van der Waals surface area contributed by atoms with Gasteiger partial charge in [0.05, 0.1) is 17.9 Å². The maximum absolute atomic E-state index is 11.6. The molecule has 22 heavy (non-hydrogen) atoms. The zero-order valence-electron chi connectivity index (χ0n) is 12.5. The number of hydrazine groups is 1. The molecule has 0 unspecified atom stereocenters. The molecule has 6 heteroatoms. The Balaban J connectivity index is 1.70. The van der Waals surface area contributed by atoms with Crippen LogP contribution in [0.4, 0.5) is 0 Å². The van der Waals surface area contributed by atoms with Gasteiger partial charge in [-0.2, -0.15) is 0 Å². The third kappa shape index (κ3) is 4.89. The summed E-state index contributed by atoms with van der Waals surface area (Å²) in [7, 11) is 0. The first kappa shape index (κ1) is 16.0. The summed E-state index contributed by atoms with van der Waals surface area (Å²) in [6.45, 7) is 4.24. The van der Waals surface area contributed by atoms with Crippen LogP contribution in [0.3, 0.4) is 0 Å². The number of benzene rings is 1. The molecule has 2 aromatic rings. The molecule has 1 heterocycles. The van der Waals surface area contributed by atoms with Gasteiger partial charge in [0.2, 0.25) is 5.91 Å². The average Bonchev–Trinajstić information content (AvgIpc) is 2.98. The van der Waals surface area contributed by atoms with E-state index in [1.807, 2.05) is 26.0 Å². The lowest BCUT2D eigenvalue weighted by molar-refractivity contribution is -0.122. The molecule has 0 atom stereocenters. The fraction of sp³-hybridized carbons (Fsp3) is 0.250. The number of thiophene rings is 1. The summed E-state index contributed by atoms with van der Waals surface area (Å²) in [5.74, 6) is 0.126. The average molecular weight is 318 g/mol. The minimum Gasteiger partial charge on any atom is -0.493 e. The summed E-state index contributed by atoms with van der Waals surface area (Å²) < 4.78 is 5.55. The van der Waals surface area contributed by atoms with Crippen LogP contribution in [0.1, 0.15) is 27.2 Å². The van der Waals surface area contributed by atoms with Gasteiger partial charge in [-0.15, -0.1) is 11.3 Å². The second kappa shape index (κ2) is 7.61. The number of hydrogen-bond acceptors (Lipinski definition) is 4. The highest BCUT2D eigenvalue weighted by Crippen LogP contribution is 2.16. The van der Waals surface area contributed by atoms with Crippen molar-refractivity contribution in [3.05, 3.63) is 51.7 Å². The molecule has 0 bridgehead atoms. The van der Waals surface area contributed by atoms with Gasteiger partial charge in [-0.3, -0.25) is 20.4 Å². The number of nitrogens with one attached hydrogen (secondary N) is 2. The van der Waals surface area contributed by atoms with Crippen molar-refractivity contribution in [3.8, 4) is 5.75 Å². The molecule has 0 saturated heterocycles. The summed E-state index contributed by atoms with van der Waals surface area (Å²) in [6, 6.07) is 9.36. The number of carbonyl (C=O) groups is 2. The topological polar surface area (TPSA) is 67.4 Å². The van der Waals surface area contributed by atoms with Crippen LogP contribution < -0.4 is 15.6 Å². The molecule has 0 fully saturated rings. The first-order valence-electron chi connectivity index (χ1n) is 6.88. The highest BCUT2D eigenvalue weighted by molar-refractivity contribution is 7.12. The molecule has 0 aliphatic carbocycles. The second-order valence-electron chi connectivity index (χ2n) is 4.90. The third-order valence-electron chi connectivity index (χ3n) is 2.85. The van der Waals surface area contributed by atoms with Gasteiger partial charge >= 0.3 is 0 Å². The molecule has 1 aromatic heterocycles. The van der Waals surface area contributed by atoms with Gasteiger partial charge in [-0.1, -0.05) is 12.1 Å². The number of aryl methyl sites for hydroxylation is 2. The van der Waals surface area contributed by atoms with Gasteiger partial charge < -0.3 is 4.74 Å². The standard InChI is InChI=1S/C16H18N2O3S/c1-11-8-12(2)10-13(9-11)21-6-5-15(19)17-18-16(20)14-4-3-7-22-14/h3-4,7-10H,5-6H2,1-2H3,(H,17,19)(H,18,20). The minimum atomic E-state index is -0.321. The Morgan fingerprint density at radius 2 is 1.86 bits per heavy atom. The molecule has 0 radical (unpaired) electrons. The van der Waals surface area contributed by atoms with Crippen LogP contribution in [0.15, 0.2) is 35.7 Å². The number of ether oxygens (including phenoxy) is 1. The highest BCUT2D eigenvalue weighted by atomic mass is 32.1. The molecule has 2 rings (SSSR count). The molecule has 5 nitrogen and oxygen atoms in total. The van der Waals surface area contributed by atoms with Crippen molar-refractivity contribution in [3.63, 3.8) is 0 Å². The maximum atomic E-state index is 11.6. The molecule has 1 aromatic carbocycles. The Labute approximate surface area is 133 Å². The zero-order valence-corrected chi connectivity index (χ0v) is 13.3. The fourth-order valence-electron chi connectivity index (χ4n) is 1.94. The van der Waals surface area contributed by atoms with Crippen molar-refractivity contribution < 1.29 is 14.3 Å². The van der Waals surface area contributed by atoms with Crippen molar-refractivity contribution in [1.29, 1.82) is 0 Å². The van der Waals surface area contributed by atoms with Gasteiger partial charge in [0.15, 0.2) is 0 Å². The lowest BCUT2D eigenvalue weighted by Crippen LogP contribution is -2.41. The van der Waals surface area contributed by atoms with E-state index in [0.29, 0.717) is 4.88 Å². The molecule has 0 saturated carbocycles. The van der Waals surface area contributed by atoms with E-state index in [9.17, 15) is 9.59 Å². The molecule has 2 N–H and O–H groups in total. The molecule has 116 valence electrons. The van der Waals surface area contributed by atoms with E-state index in [1.54, 1.807) is 17.5 Å². The minimum absolute atomic E-state index is 0.164. The quantitative estimate of drug-likeness (QED) is 0.833. The van der Waals surface area contributed by atoms with Gasteiger partial charge in [0, 0.05) is 0 Å². The van der Waals surface area contributed by atoms with E-state index in [2.05, 4.69) is 16.9 Å². The summed E-state index contributed by atoms with van der Waals surface area (Å²) in [4.78, 5) is 23.8. The number of rotatable bonds is 5. The van der Waals surface area contributed by atoms with Gasteiger partial charge in [0.25, 0.3) is 5.91 Å². The predicted octanol–water partition coefficient (Wildman–Crippen LogP) is 2.60. The molecule has 0 spiro atoms. The first-order chi connectivity index (χ1) is 10.5. The normalized spacial score (nSPS) is 10.1. The van der Waals surface area contributed by atoms with E-state index in [1.165, 1.54) is 11.3 Å². The van der Waals surface area contributed by atoms with Crippen LogP contribution in [0.25, 0.3) is 0 Å². The Kier molecular flexibility index (Phi) is 5.55. The first-order valence-corrected chi connectivity index (χ1v) is 7.76. The van der Waals surface area contributed by atoms with E-state index in [4.69, 9.17) is 4.74 Å². The number of hydrogen-bond donors (Lipinski definition) is 2. The van der Waals surface area contributed by atoms with Crippen LogP contribution in [0.5, 0.6) is 5.75 Å². The Morgan fingerprint density at radius 1 is 1.14 bits per heavy atom. The lowest BCUT2D eigenvalue weighted by Gasteiger charge is -2.09. The molecule has 0 aliphatic rings. The van der Waals surface area contributed by atoms with E-state index < -0.39 is 0 Å². The third-order valence-corrected chi connectivity index (χ3v) is 3.72. The van der Waals surface area contributed by atoms with Crippen molar-refractivity contribution >= 4 is 23.2 Å². The second-order valence-corrected chi connectivity index (χ2v) is 5.85. The van der Waals surface area contributed by atoms with Crippen LogP contribution in [-0.2, 0) is 4.79 Å². The van der Waals surface area contributed by atoms with Crippen LogP contribution in [-0.4, -0.2) is 18.4 Å². The Hall–Kier alpha value is -2.34. The summed E-state index contributed by atoms with van der Waals surface area (Å²) in [6.07, 6.45) is 0.164. The summed E-state index contributed by atoms with van der Waals surface area (Å²) in [5, 5.41) is 1.80. The van der Waals surface area contributed by atoms with E-state index in [0.717, 1.165) is 16.9 Å². The van der Waals surface area contributed by atoms with Crippen molar-refractivity contribution in [2.24, 2.45) is 0 Å². The molecule has 2 amide bonds. The Morgan fingerprint density at radius 3 is 2.50 bits per heavy atom. The predicted molar refractivity (Wildman–Crippen MR) is 86.0 cm³/mol. The van der Waals surface area contributed by atoms with E-state index in [-0.39, 0.29) is 24.8 Å². The maximum Gasteiger partial charge on any atom is 0.279 e. The van der Waals surface area contributed by atoms with Gasteiger partial charge in [0.1, 0.15) is 5.75 Å². The zero-order chi connectivity index (χ0) is 15.9. The summed E-state index contributed by atoms with van der Waals surface area (Å²) in [5.41, 5.74) is 6.96. The van der Waals surface area contributed by atoms with Crippen molar-refractivity contribution in [1.82, 2.24) is 10.9 Å². The van der Waals surface area contributed by atoms with Crippen LogP contribution >= 0.6 is 11.3 Å². The van der Waals surface area contributed by atoms with Crippen molar-refractivity contribution in [2.75, 3.05) is 6.61 Å². The molecule has 0 aliphatic heterocycles. The SMILES string of the molecule is Cc1cc(C)cc(OCCC(=O)NNC(=O)c2cccs2)c1. The smallest absolute Gasteiger partial charge is 0.279 e.